The van der Waals surface area contributed by atoms with Gasteiger partial charge in [0.1, 0.15) is 0 Å². The molecule has 0 atom stereocenters. The van der Waals surface area contributed by atoms with Crippen LogP contribution in [0.3, 0.4) is 0 Å². The zero-order valence-corrected chi connectivity index (χ0v) is 15.3. The van der Waals surface area contributed by atoms with Gasteiger partial charge in [0.25, 0.3) is 10.2 Å². The Labute approximate surface area is 140 Å². The van der Waals surface area contributed by atoms with E-state index in [-0.39, 0.29) is 11.8 Å². The summed E-state index contributed by atoms with van der Waals surface area (Å²) in [6, 6.07) is 0.327. The number of hydrogen-bond acceptors (Lipinski definition) is 3. The molecule has 0 unspecified atom stereocenters. The van der Waals surface area contributed by atoms with Crippen molar-refractivity contribution in [1.82, 2.24) is 13.9 Å². The van der Waals surface area contributed by atoms with Crippen molar-refractivity contribution in [3.05, 3.63) is 0 Å². The van der Waals surface area contributed by atoms with E-state index in [0.717, 1.165) is 12.8 Å². The lowest BCUT2D eigenvalue weighted by atomic mass is 9.93. The minimum absolute atomic E-state index is 0.0416. The van der Waals surface area contributed by atoms with Gasteiger partial charge in [-0.25, -0.2) is 0 Å². The fourth-order valence-electron chi connectivity index (χ4n) is 3.63. The highest BCUT2D eigenvalue weighted by Crippen LogP contribution is 2.23. The molecule has 1 amide bonds. The second kappa shape index (κ2) is 8.44. The van der Waals surface area contributed by atoms with Crippen molar-refractivity contribution in [2.24, 2.45) is 5.92 Å². The van der Waals surface area contributed by atoms with Crippen LogP contribution in [0.25, 0.3) is 0 Å². The number of piperidine rings is 1. The molecular weight excluding hydrogens is 314 g/mol. The van der Waals surface area contributed by atoms with Crippen molar-refractivity contribution in [2.75, 3.05) is 26.2 Å². The molecule has 2 rings (SSSR count). The van der Waals surface area contributed by atoms with Gasteiger partial charge in [-0.05, 0) is 25.7 Å². The van der Waals surface area contributed by atoms with Crippen LogP contribution >= 0.6 is 0 Å². The van der Waals surface area contributed by atoms with Crippen molar-refractivity contribution in [1.29, 1.82) is 0 Å². The van der Waals surface area contributed by atoms with E-state index < -0.39 is 10.2 Å². The maximum Gasteiger partial charge on any atom is 0.281 e. The summed E-state index contributed by atoms with van der Waals surface area (Å²) in [6.07, 6.45) is 7.09. The summed E-state index contributed by atoms with van der Waals surface area (Å²) in [5.41, 5.74) is 0. The van der Waals surface area contributed by atoms with E-state index >= 15 is 0 Å². The molecule has 0 spiro atoms. The Morgan fingerprint density at radius 1 is 1.04 bits per heavy atom. The van der Waals surface area contributed by atoms with Gasteiger partial charge >= 0.3 is 0 Å². The van der Waals surface area contributed by atoms with Gasteiger partial charge in [0.15, 0.2) is 0 Å². The Hall–Kier alpha value is -0.660. The summed E-state index contributed by atoms with van der Waals surface area (Å²) in [5.74, 6) is 0.0804. The van der Waals surface area contributed by atoms with Crippen LogP contribution < -0.4 is 5.32 Å². The Morgan fingerprint density at radius 2 is 1.61 bits per heavy atom. The van der Waals surface area contributed by atoms with Crippen molar-refractivity contribution in [3.63, 3.8) is 0 Å². The highest BCUT2D eigenvalue weighted by atomic mass is 32.2. The zero-order chi connectivity index (χ0) is 16.9. The van der Waals surface area contributed by atoms with Crippen LogP contribution in [0.1, 0.15) is 58.8 Å². The summed E-state index contributed by atoms with van der Waals surface area (Å²) in [7, 11) is -3.37. The highest BCUT2D eigenvalue weighted by Gasteiger charge is 2.34. The van der Waals surface area contributed by atoms with E-state index in [4.69, 9.17) is 0 Å². The molecule has 2 aliphatic rings. The Kier molecular flexibility index (Phi) is 6.85. The molecule has 1 N–H and O–H groups in total. The lowest BCUT2D eigenvalue weighted by Gasteiger charge is -2.34. The average Bonchev–Trinajstić information content (AvgIpc) is 2.56. The molecule has 134 valence electrons. The van der Waals surface area contributed by atoms with Crippen LogP contribution in [0.15, 0.2) is 0 Å². The van der Waals surface area contributed by atoms with Gasteiger partial charge in [-0.1, -0.05) is 33.1 Å². The van der Waals surface area contributed by atoms with E-state index in [1.807, 2.05) is 13.8 Å². The number of rotatable bonds is 6. The third-order valence-electron chi connectivity index (χ3n) is 5.13. The van der Waals surface area contributed by atoms with Gasteiger partial charge in [0.05, 0.1) is 0 Å². The molecule has 0 aromatic rings. The van der Waals surface area contributed by atoms with E-state index in [0.29, 0.717) is 45.1 Å². The number of hydrogen-bond donors (Lipinski definition) is 1. The number of nitrogens with zero attached hydrogens (tertiary/aromatic N) is 2. The molecule has 0 aromatic heterocycles. The fourth-order valence-corrected chi connectivity index (χ4v) is 5.28. The van der Waals surface area contributed by atoms with Crippen LogP contribution in [0.4, 0.5) is 0 Å². The van der Waals surface area contributed by atoms with Crippen LogP contribution in [0.2, 0.25) is 0 Å². The molecule has 0 bridgehead atoms. The van der Waals surface area contributed by atoms with Gasteiger partial charge in [0, 0.05) is 38.1 Å². The second-order valence-corrected chi connectivity index (χ2v) is 8.54. The smallest absolute Gasteiger partial charge is 0.281 e. The van der Waals surface area contributed by atoms with Crippen molar-refractivity contribution < 1.29 is 13.2 Å². The fraction of sp³-hybridized carbons (Fsp3) is 0.938. The van der Waals surface area contributed by atoms with E-state index in [1.165, 1.54) is 27.9 Å². The summed E-state index contributed by atoms with van der Waals surface area (Å²) < 4.78 is 28.0. The first-order chi connectivity index (χ1) is 11.0. The Bertz CT molecular complexity index is 477. The van der Waals surface area contributed by atoms with E-state index in [1.54, 1.807) is 0 Å². The van der Waals surface area contributed by atoms with Gasteiger partial charge in [-0.2, -0.15) is 17.0 Å². The summed E-state index contributed by atoms with van der Waals surface area (Å²) >= 11 is 0. The monoisotopic (exact) mass is 345 g/mol. The molecule has 2 fully saturated rings. The third kappa shape index (κ3) is 4.67. The Morgan fingerprint density at radius 3 is 2.13 bits per heavy atom. The van der Waals surface area contributed by atoms with Crippen molar-refractivity contribution in [3.8, 4) is 0 Å². The summed E-state index contributed by atoms with van der Waals surface area (Å²) in [4.78, 5) is 12.4. The molecule has 1 saturated carbocycles. The zero-order valence-electron chi connectivity index (χ0n) is 14.5. The highest BCUT2D eigenvalue weighted by molar-refractivity contribution is 7.86. The van der Waals surface area contributed by atoms with Gasteiger partial charge in [0.2, 0.25) is 5.91 Å². The summed E-state index contributed by atoms with van der Waals surface area (Å²) in [5, 5.41) is 3.17. The number of amides is 1. The normalized spacial score (nSPS) is 22.4. The van der Waals surface area contributed by atoms with Gasteiger partial charge in [-0.3, -0.25) is 4.79 Å². The van der Waals surface area contributed by atoms with Crippen LogP contribution in [-0.2, 0) is 15.0 Å². The molecule has 23 heavy (non-hydrogen) atoms. The maximum atomic E-state index is 12.5. The molecule has 6 nitrogen and oxygen atoms in total. The van der Waals surface area contributed by atoms with E-state index in [9.17, 15) is 13.2 Å². The first-order valence-electron chi connectivity index (χ1n) is 9.04. The third-order valence-corrected chi connectivity index (χ3v) is 7.32. The SMILES string of the molecule is CCN(CC)S(=O)(=O)N1CCC(C(=O)NC2CCCCC2)CC1. The number of carbonyl (C=O) groups is 1. The first-order valence-corrected chi connectivity index (χ1v) is 10.4. The molecule has 1 saturated heterocycles. The standard InChI is InChI=1S/C16H31N3O3S/c1-3-18(4-2)23(21,22)19-12-10-14(11-13-19)16(20)17-15-8-6-5-7-9-15/h14-15H,3-13H2,1-2H3,(H,17,20). The first kappa shape index (κ1) is 18.7. The number of nitrogens with one attached hydrogen (secondary N) is 1. The molecule has 1 aliphatic heterocycles. The van der Waals surface area contributed by atoms with Crippen molar-refractivity contribution in [2.45, 2.75) is 64.8 Å². The average molecular weight is 346 g/mol. The van der Waals surface area contributed by atoms with Gasteiger partial charge in [-0.15, -0.1) is 0 Å². The van der Waals surface area contributed by atoms with Gasteiger partial charge < -0.3 is 5.32 Å². The molecule has 1 heterocycles. The molecule has 1 aliphatic carbocycles. The van der Waals surface area contributed by atoms with Crippen LogP contribution in [-0.4, -0.2) is 55.2 Å². The lowest BCUT2D eigenvalue weighted by Crippen LogP contribution is -2.49. The maximum absolute atomic E-state index is 12.5. The molecule has 0 aromatic carbocycles. The van der Waals surface area contributed by atoms with Crippen molar-refractivity contribution >= 4 is 16.1 Å². The Balaban J connectivity index is 1.84. The predicted molar refractivity (Wildman–Crippen MR) is 91.2 cm³/mol. The summed E-state index contributed by atoms with van der Waals surface area (Å²) in [6.45, 7) is 5.57. The largest absolute Gasteiger partial charge is 0.353 e. The lowest BCUT2D eigenvalue weighted by molar-refractivity contribution is -0.127. The molecular formula is C16H31N3O3S. The molecule has 7 heteroatoms. The predicted octanol–water partition coefficient (Wildman–Crippen LogP) is 1.73. The minimum atomic E-state index is -3.37. The van der Waals surface area contributed by atoms with Crippen LogP contribution in [0.5, 0.6) is 0 Å². The second-order valence-electron chi connectivity index (χ2n) is 6.61. The minimum Gasteiger partial charge on any atom is -0.353 e. The van der Waals surface area contributed by atoms with Crippen LogP contribution in [0, 0.1) is 5.92 Å². The van der Waals surface area contributed by atoms with E-state index in [2.05, 4.69) is 5.32 Å². The quantitative estimate of drug-likeness (QED) is 0.797. The topological polar surface area (TPSA) is 69.7 Å². The molecule has 0 radical (unpaired) electrons. The number of carbonyl (C=O) groups excluding carboxylic acids is 1.